The molecule has 7 heteroatoms. The van der Waals surface area contributed by atoms with Crippen molar-refractivity contribution in [2.45, 2.75) is 6.92 Å². The smallest absolute Gasteiger partial charge is 0.252 e. The van der Waals surface area contributed by atoms with Gasteiger partial charge in [-0.15, -0.1) is 0 Å². The van der Waals surface area contributed by atoms with Crippen molar-refractivity contribution in [3.8, 4) is 11.5 Å². The molecule has 1 atom stereocenters. The number of rotatable bonds is 5. The maximum atomic E-state index is 13.6. The van der Waals surface area contributed by atoms with E-state index < -0.39 is 23.5 Å². The van der Waals surface area contributed by atoms with E-state index >= 15 is 0 Å². The molecule has 32 heavy (non-hydrogen) atoms. The lowest BCUT2D eigenvalue weighted by molar-refractivity contribution is -0.129. The van der Waals surface area contributed by atoms with E-state index in [0.717, 1.165) is 0 Å². The number of ether oxygens (including phenoxy) is 1. The van der Waals surface area contributed by atoms with Crippen LogP contribution in [-0.2, 0) is 9.59 Å². The first-order valence-corrected chi connectivity index (χ1v) is 10.2. The Bertz CT molecular complexity index is 1170. The van der Waals surface area contributed by atoms with Crippen molar-refractivity contribution in [1.29, 1.82) is 0 Å². The van der Waals surface area contributed by atoms with Gasteiger partial charge in [-0.2, -0.15) is 0 Å². The number of carbonyl (C=O) groups excluding carboxylic acids is 3. The number of phenolic OH excluding ortho intramolecular Hbond substituents is 1. The topological polar surface area (TPSA) is 87.2 Å². The predicted molar refractivity (Wildman–Crippen MR) is 121 cm³/mol. The molecular formula is C25H22N2O5. The van der Waals surface area contributed by atoms with E-state index in [9.17, 15) is 19.5 Å². The Balaban J connectivity index is 1.84. The van der Waals surface area contributed by atoms with E-state index in [4.69, 9.17) is 4.74 Å². The van der Waals surface area contributed by atoms with Crippen LogP contribution in [0, 0.1) is 5.92 Å². The van der Waals surface area contributed by atoms with Crippen molar-refractivity contribution < 1.29 is 24.2 Å². The van der Waals surface area contributed by atoms with Crippen LogP contribution in [0.3, 0.4) is 0 Å². The molecule has 3 aromatic carbocycles. The molecule has 0 aliphatic carbocycles. The fourth-order valence-corrected chi connectivity index (χ4v) is 3.86. The second kappa shape index (κ2) is 8.55. The summed E-state index contributed by atoms with van der Waals surface area (Å²) >= 11 is 0. The monoisotopic (exact) mass is 430 g/mol. The van der Waals surface area contributed by atoms with Gasteiger partial charge in [-0.25, -0.2) is 0 Å². The summed E-state index contributed by atoms with van der Waals surface area (Å²) in [5.41, 5.74) is 1.62. The van der Waals surface area contributed by atoms with Crippen LogP contribution >= 0.6 is 0 Å². The summed E-state index contributed by atoms with van der Waals surface area (Å²) in [5.74, 6) is -2.81. The van der Waals surface area contributed by atoms with Crippen LogP contribution in [0.1, 0.15) is 17.3 Å². The SMILES string of the molecule is CCN(C(=O)C1C(=O)c2ccc(OC)cc2N(c2ccc(O)cc2)C1=O)c1ccccc1. The molecular weight excluding hydrogens is 408 g/mol. The number of fused-ring (bicyclic) bond motifs is 1. The molecule has 1 N–H and O–H groups in total. The van der Waals surface area contributed by atoms with E-state index in [1.807, 2.05) is 6.07 Å². The van der Waals surface area contributed by atoms with Gasteiger partial charge in [0.15, 0.2) is 11.7 Å². The van der Waals surface area contributed by atoms with E-state index in [2.05, 4.69) is 0 Å². The number of aromatic hydroxyl groups is 1. The predicted octanol–water partition coefficient (Wildman–Crippen LogP) is 3.93. The molecule has 0 spiro atoms. The van der Waals surface area contributed by atoms with Gasteiger partial charge in [-0.1, -0.05) is 18.2 Å². The number of hydrogen-bond acceptors (Lipinski definition) is 5. The van der Waals surface area contributed by atoms with Gasteiger partial charge < -0.3 is 14.7 Å². The van der Waals surface area contributed by atoms with Crippen LogP contribution in [0.5, 0.6) is 11.5 Å². The minimum atomic E-state index is -1.52. The highest BCUT2D eigenvalue weighted by atomic mass is 16.5. The fourth-order valence-electron chi connectivity index (χ4n) is 3.86. The van der Waals surface area contributed by atoms with Crippen molar-refractivity contribution in [2.24, 2.45) is 5.92 Å². The number of anilines is 3. The average Bonchev–Trinajstić information content (AvgIpc) is 2.81. The summed E-state index contributed by atoms with van der Waals surface area (Å²) in [7, 11) is 1.49. The van der Waals surface area contributed by atoms with Crippen LogP contribution in [-0.4, -0.2) is 36.4 Å². The number of methoxy groups -OCH3 is 1. The van der Waals surface area contributed by atoms with Gasteiger partial charge in [0.25, 0.3) is 5.91 Å². The standard InChI is InChI=1S/C25H22N2O5/c1-3-26(16-7-5-4-6-8-16)24(30)22-23(29)20-14-13-19(32-2)15-21(20)27(25(22)31)17-9-11-18(28)12-10-17/h4-15,22,28H,3H2,1-2H3. The first-order chi connectivity index (χ1) is 15.5. The Hall–Kier alpha value is -4.13. The normalized spacial score (nSPS) is 15.3. The molecule has 3 aromatic rings. The summed E-state index contributed by atoms with van der Waals surface area (Å²) < 4.78 is 5.28. The van der Waals surface area contributed by atoms with E-state index in [1.165, 1.54) is 29.0 Å². The average molecular weight is 430 g/mol. The van der Waals surface area contributed by atoms with Crippen molar-refractivity contribution in [2.75, 3.05) is 23.5 Å². The zero-order chi connectivity index (χ0) is 22.8. The van der Waals surface area contributed by atoms with Crippen molar-refractivity contribution >= 4 is 34.7 Å². The zero-order valence-electron chi connectivity index (χ0n) is 17.7. The quantitative estimate of drug-likeness (QED) is 0.620. The van der Waals surface area contributed by atoms with Gasteiger partial charge in [0, 0.05) is 29.5 Å². The van der Waals surface area contributed by atoms with Crippen molar-refractivity contribution in [3.05, 3.63) is 78.4 Å². The third kappa shape index (κ3) is 3.58. The number of Topliss-reactive ketones (excluding diaryl/α,β-unsaturated/α-hetero) is 1. The van der Waals surface area contributed by atoms with E-state index in [0.29, 0.717) is 29.4 Å². The first-order valence-electron chi connectivity index (χ1n) is 10.2. The lowest BCUT2D eigenvalue weighted by Gasteiger charge is -2.35. The van der Waals surface area contributed by atoms with Crippen LogP contribution in [0.4, 0.5) is 17.1 Å². The van der Waals surface area contributed by atoms with Gasteiger partial charge in [-0.3, -0.25) is 19.3 Å². The third-order valence-electron chi connectivity index (χ3n) is 5.45. The molecule has 1 aliphatic heterocycles. The Kier molecular flexibility index (Phi) is 5.64. The first kappa shape index (κ1) is 21.1. The Morgan fingerprint density at radius 2 is 1.72 bits per heavy atom. The van der Waals surface area contributed by atoms with Crippen LogP contribution in [0.2, 0.25) is 0 Å². The summed E-state index contributed by atoms with van der Waals surface area (Å²) in [4.78, 5) is 43.3. The highest BCUT2D eigenvalue weighted by molar-refractivity contribution is 6.34. The molecule has 0 saturated carbocycles. The Morgan fingerprint density at radius 1 is 1.03 bits per heavy atom. The number of para-hydroxylation sites is 1. The second-order valence-corrected chi connectivity index (χ2v) is 7.29. The lowest BCUT2D eigenvalue weighted by atomic mass is 9.88. The molecule has 0 radical (unpaired) electrons. The molecule has 2 amide bonds. The number of benzene rings is 3. The molecule has 0 bridgehead atoms. The second-order valence-electron chi connectivity index (χ2n) is 7.29. The van der Waals surface area contributed by atoms with Crippen molar-refractivity contribution in [1.82, 2.24) is 0 Å². The fraction of sp³-hybridized carbons (Fsp3) is 0.160. The highest BCUT2D eigenvalue weighted by Gasteiger charge is 2.46. The number of hydrogen-bond donors (Lipinski definition) is 1. The Labute approximate surface area is 185 Å². The molecule has 162 valence electrons. The highest BCUT2D eigenvalue weighted by Crippen LogP contribution is 2.39. The summed E-state index contributed by atoms with van der Waals surface area (Å²) in [6.45, 7) is 2.09. The third-order valence-corrected chi connectivity index (χ3v) is 5.45. The number of phenols is 1. The van der Waals surface area contributed by atoms with Crippen LogP contribution in [0.15, 0.2) is 72.8 Å². The largest absolute Gasteiger partial charge is 0.508 e. The molecule has 4 rings (SSSR count). The molecule has 1 heterocycles. The summed E-state index contributed by atoms with van der Waals surface area (Å²) in [6.07, 6.45) is 0. The van der Waals surface area contributed by atoms with E-state index in [-0.39, 0.29) is 11.3 Å². The van der Waals surface area contributed by atoms with Crippen LogP contribution in [0.25, 0.3) is 0 Å². The molecule has 0 fully saturated rings. The summed E-state index contributed by atoms with van der Waals surface area (Å²) in [5, 5.41) is 9.67. The van der Waals surface area contributed by atoms with Gasteiger partial charge >= 0.3 is 0 Å². The van der Waals surface area contributed by atoms with Gasteiger partial charge in [0.2, 0.25) is 5.91 Å². The zero-order valence-corrected chi connectivity index (χ0v) is 17.7. The maximum absolute atomic E-state index is 13.6. The molecule has 1 unspecified atom stereocenters. The maximum Gasteiger partial charge on any atom is 0.252 e. The van der Waals surface area contributed by atoms with E-state index in [1.54, 1.807) is 61.5 Å². The van der Waals surface area contributed by atoms with Gasteiger partial charge in [-0.05, 0) is 55.5 Å². The molecule has 0 saturated heterocycles. The molecule has 1 aliphatic rings. The van der Waals surface area contributed by atoms with Crippen LogP contribution < -0.4 is 14.5 Å². The lowest BCUT2D eigenvalue weighted by Crippen LogP contribution is -2.51. The minimum Gasteiger partial charge on any atom is -0.508 e. The van der Waals surface area contributed by atoms with Crippen molar-refractivity contribution in [3.63, 3.8) is 0 Å². The number of nitrogens with zero attached hydrogens (tertiary/aromatic N) is 2. The number of ketones is 1. The summed E-state index contributed by atoms with van der Waals surface area (Å²) in [6, 6.07) is 19.7. The van der Waals surface area contributed by atoms with Gasteiger partial charge in [0.1, 0.15) is 11.5 Å². The number of amides is 2. The number of carbonyl (C=O) groups is 3. The van der Waals surface area contributed by atoms with Gasteiger partial charge in [0.05, 0.1) is 12.8 Å². The minimum absolute atomic E-state index is 0.0361. The Morgan fingerprint density at radius 3 is 2.34 bits per heavy atom. The molecule has 0 aromatic heterocycles. The molecule has 7 nitrogen and oxygen atoms in total.